The quantitative estimate of drug-likeness (QED) is 0.380. The van der Waals surface area contributed by atoms with Crippen molar-refractivity contribution in [2.75, 3.05) is 23.3 Å². The summed E-state index contributed by atoms with van der Waals surface area (Å²) in [7, 11) is 0. The summed E-state index contributed by atoms with van der Waals surface area (Å²) in [6, 6.07) is 17.8. The predicted molar refractivity (Wildman–Crippen MR) is 123 cm³/mol. The molecule has 1 aromatic heterocycles. The summed E-state index contributed by atoms with van der Waals surface area (Å²) < 4.78 is 5.30. The van der Waals surface area contributed by atoms with E-state index in [2.05, 4.69) is 35.4 Å². The number of benzene rings is 3. The Morgan fingerprint density at radius 2 is 2.00 bits per heavy atom. The fourth-order valence-corrected chi connectivity index (χ4v) is 4.23. The van der Waals surface area contributed by atoms with Crippen LogP contribution in [0.3, 0.4) is 0 Å². The van der Waals surface area contributed by atoms with Gasteiger partial charge in [-0.25, -0.2) is 4.79 Å². The largest absolute Gasteiger partial charge is 0.423 e. The van der Waals surface area contributed by atoms with Gasteiger partial charge >= 0.3 is 5.97 Å². The van der Waals surface area contributed by atoms with Gasteiger partial charge in [-0.05, 0) is 48.7 Å². The fourth-order valence-electron chi connectivity index (χ4n) is 4.23. The smallest absolute Gasteiger partial charge is 0.331 e. The SMILES string of the molecule is CCc1cccc2c1[nH]c1cc(NC(=O)CN3CC(=O)Oc4ccc(C)cc43)ccc12. The maximum atomic E-state index is 12.8. The number of carbonyl (C=O) groups excluding carboxylic acids is 2. The molecule has 4 aromatic rings. The highest BCUT2D eigenvalue weighted by Crippen LogP contribution is 2.33. The lowest BCUT2D eigenvalue weighted by Gasteiger charge is -2.29. The van der Waals surface area contributed by atoms with Gasteiger partial charge in [-0.3, -0.25) is 4.79 Å². The first kappa shape index (κ1) is 19.2. The summed E-state index contributed by atoms with van der Waals surface area (Å²) in [5.74, 6) is -0.0666. The van der Waals surface area contributed by atoms with E-state index >= 15 is 0 Å². The predicted octanol–water partition coefficient (Wildman–Crippen LogP) is 4.56. The van der Waals surface area contributed by atoms with Crippen LogP contribution in [-0.4, -0.2) is 29.9 Å². The summed E-state index contributed by atoms with van der Waals surface area (Å²) in [4.78, 5) is 30.0. The van der Waals surface area contributed by atoms with Crippen LogP contribution in [0.25, 0.3) is 21.8 Å². The second-order valence-corrected chi connectivity index (χ2v) is 7.93. The number of rotatable bonds is 4. The van der Waals surface area contributed by atoms with E-state index in [0.29, 0.717) is 11.4 Å². The highest BCUT2D eigenvalue weighted by molar-refractivity contribution is 6.09. The molecule has 0 fully saturated rings. The van der Waals surface area contributed by atoms with Crippen LogP contribution in [0.15, 0.2) is 54.6 Å². The lowest BCUT2D eigenvalue weighted by molar-refractivity contribution is -0.133. The number of nitrogens with zero attached hydrogens (tertiary/aromatic N) is 1. The van der Waals surface area contributed by atoms with Crippen LogP contribution in [0.2, 0.25) is 0 Å². The van der Waals surface area contributed by atoms with Crippen LogP contribution in [0.1, 0.15) is 18.1 Å². The van der Waals surface area contributed by atoms with E-state index in [0.717, 1.165) is 34.1 Å². The number of ether oxygens (including phenoxy) is 1. The van der Waals surface area contributed by atoms with Crippen molar-refractivity contribution in [3.05, 3.63) is 65.7 Å². The molecule has 0 atom stereocenters. The summed E-state index contributed by atoms with van der Waals surface area (Å²) in [6.07, 6.45) is 0.951. The van der Waals surface area contributed by atoms with Crippen LogP contribution in [-0.2, 0) is 16.0 Å². The van der Waals surface area contributed by atoms with Crippen molar-refractivity contribution < 1.29 is 14.3 Å². The fraction of sp³-hybridized carbons (Fsp3) is 0.200. The third-order valence-electron chi connectivity index (χ3n) is 5.72. The molecule has 0 unspecified atom stereocenters. The first-order valence-electron chi connectivity index (χ1n) is 10.4. The number of carbonyl (C=O) groups is 2. The highest BCUT2D eigenvalue weighted by Gasteiger charge is 2.25. The molecule has 0 radical (unpaired) electrons. The third-order valence-corrected chi connectivity index (χ3v) is 5.72. The van der Waals surface area contributed by atoms with E-state index in [1.165, 1.54) is 10.9 Å². The third kappa shape index (κ3) is 3.50. The number of para-hydroxylation sites is 1. The Balaban J connectivity index is 1.39. The van der Waals surface area contributed by atoms with E-state index < -0.39 is 0 Å². The average Bonchev–Trinajstić information content (AvgIpc) is 3.12. The molecule has 0 saturated heterocycles. The zero-order valence-electron chi connectivity index (χ0n) is 17.5. The Bertz CT molecular complexity index is 1340. The van der Waals surface area contributed by atoms with Crippen LogP contribution < -0.4 is 15.0 Å². The van der Waals surface area contributed by atoms with Gasteiger partial charge in [-0.15, -0.1) is 0 Å². The first-order chi connectivity index (χ1) is 15.0. The molecular formula is C25H23N3O3. The van der Waals surface area contributed by atoms with E-state index in [-0.39, 0.29) is 25.0 Å². The summed E-state index contributed by atoms with van der Waals surface area (Å²) >= 11 is 0. The monoisotopic (exact) mass is 413 g/mol. The number of hydrogen-bond donors (Lipinski definition) is 2. The number of nitrogens with one attached hydrogen (secondary N) is 2. The first-order valence-corrected chi connectivity index (χ1v) is 10.4. The van der Waals surface area contributed by atoms with Gasteiger partial charge in [0.25, 0.3) is 0 Å². The topological polar surface area (TPSA) is 74.4 Å². The molecule has 5 rings (SSSR count). The summed E-state index contributed by atoms with van der Waals surface area (Å²) in [5.41, 5.74) is 5.90. The Morgan fingerprint density at radius 3 is 2.84 bits per heavy atom. The number of aromatic nitrogens is 1. The van der Waals surface area contributed by atoms with E-state index in [4.69, 9.17) is 4.74 Å². The van der Waals surface area contributed by atoms with Gasteiger partial charge in [-0.1, -0.05) is 37.3 Å². The molecule has 2 N–H and O–H groups in total. The van der Waals surface area contributed by atoms with Crippen molar-refractivity contribution in [3.63, 3.8) is 0 Å². The van der Waals surface area contributed by atoms with Gasteiger partial charge in [0.05, 0.1) is 12.2 Å². The summed E-state index contributed by atoms with van der Waals surface area (Å²) in [6.45, 7) is 4.22. The molecule has 31 heavy (non-hydrogen) atoms. The van der Waals surface area contributed by atoms with Crippen molar-refractivity contribution in [1.82, 2.24) is 4.98 Å². The normalized spacial score (nSPS) is 13.4. The van der Waals surface area contributed by atoms with Gasteiger partial charge in [0, 0.05) is 27.5 Å². The molecule has 0 spiro atoms. The molecule has 0 saturated carbocycles. The van der Waals surface area contributed by atoms with E-state index in [1.807, 2.05) is 37.3 Å². The molecule has 6 heteroatoms. The van der Waals surface area contributed by atoms with E-state index in [1.54, 1.807) is 11.0 Å². The van der Waals surface area contributed by atoms with Crippen molar-refractivity contribution in [1.29, 1.82) is 0 Å². The molecular weight excluding hydrogens is 390 g/mol. The standard InChI is InChI=1S/C25H23N3O3/c1-3-16-5-4-6-19-18-9-8-17(12-20(18)27-25(16)19)26-23(29)13-28-14-24(30)31-22-10-7-15(2)11-21(22)28/h4-12,27H,3,13-14H2,1-2H3,(H,26,29). The maximum Gasteiger partial charge on any atom is 0.331 e. The molecule has 156 valence electrons. The molecule has 3 aromatic carbocycles. The van der Waals surface area contributed by atoms with Crippen molar-refractivity contribution in [3.8, 4) is 5.75 Å². The molecule has 0 aliphatic carbocycles. The minimum atomic E-state index is -0.365. The van der Waals surface area contributed by atoms with Crippen molar-refractivity contribution in [2.45, 2.75) is 20.3 Å². The molecule has 1 amide bonds. The number of fused-ring (bicyclic) bond motifs is 4. The highest BCUT2D eigenvalue weighted by atomic mass is 16.5. The lowest BCUT2D eigenvalue weighted by atomic mass is 10.1. The van der Waals surface area contributed by atoms with Gasteiger partial charge < -0.3 is 19.9 Å². The minimum absolute atomic E-state index is 0.0463. The maximum absolute atomic E-state index is 12.8. The number of esters is 1. The average molecular weight is 413 g/mol. The Kier molecular flexibility index (Phi) is 4.62. The molecule has 1 aliphatic heterocycles. The number of aryl methyl sites for hydroxylation is 2. The molecule has 0 bridgehead atoms. The van der Waals surface area contributed by atoms with Crippen LogP contribution >= 0.6 is 0 Å². The molecule has 2 heterocycles. The van der Waals surface area contributed by atoms with Crippen LogP contribution in [0, 0.1) is 6.92 Å². The van der Waals surface area contributed by atoms with E-state index in [9.17, 15) is 9.59 Å². The van der Waals surface area contributed by atoms with Gasteiger partial charge in [0.15, 0.2) is 5.75 Å². The number of H-pyrrole nitrogens is 1. The van der Waals surface area contributed by atoms with Gasteiger partial charge in [-0.2, -0.15) is 0 Å². The number of amides is 1. The van der Waals surface area contributed by atoms with Crippen molar-refractivity contribution >= 4 is 45.1 Å². The Labute approximate surface area is 179 Å². The number of anilines is 2. The minimum Gasteiger partial charge on any atom is -0.423 e. The summed E-state index contributed by atoms with van der Waals surface area (Å²) in [5, 5.41) is 5.28. The zero-order valence-corrected chi connectivity index (χ0v) is 17.5. The Hall–Kier alpha value is -3.80. The lowest BCUT2D eigenvalue weighted by Crippen LogP contribution is -2.41. The van der Waals surface area contributed by atoms with Crippen molar-refractivity contribution in [2.24, 2.45) is 0 Å². The van der Waals surface area contributed by atoms with Crippen LogP contribution in [0.4, 0.5) is 11.4 Å². The second kappa shape index (κ2) is 7.47. The zero-order chi connectivity index (χ0) is 21.5. The Morgan fingerprint density at radius 1 is 1.13 bits per heavy atom. The van der Waals surface area contributed by atoms with Crippen LogP contribution in [0.5, 0.6) is 5.75 Å². The van der Waals surface area contributed by atoms with Gasteiger partial charge in [0.2, 0.25) is 5.91 Å². The molecule has 1 aliphatic rings. The second-order valence-electron chi connectivity index (χ2n) is 7.93. The number of aromatic amines is 1. The number of hydrogen-bond acceptors (Lipinski definition) is 4. The van der Waals surface area contributed by atoms with Gasteiger partial charge in [0.1, 0.15) is 6.54 Å². The molecule has 6 nitrogen and oxygen atoms in total.